The second-order valence-electron chi connectivity index (χ2n) is 7.20. The Labute approximate surface area is 182 Å². The molecule has 31 heavy (non-hydrogen) atoms. The summed E-state index contributed by atoms with van der Waals surface area (Å²) in [6.45, 7) is 6.24. The lowest BCUT2D eigenvalue weighted by Crippen LogP contribution is -2.48. The molecule has 0 saturated carbocycles. The lowest BCUT2D eigenvalue weighted by Gasteiger charge is -2.35. The number of rotatable bonds is 7. The lowest BCUT2D eigenvalue weighted by atomic mass is 9.94. The number of carbonyl (C=O) groups is 3. The molecule has 2 aromatic rings. The molecule has 1 atom stereocenters. The van der Waals surface area contributed by atoms with Crippen LogP contribution in [0.2, 0.25) is 0 Å². The van der Waals surface area contributed by atoms with Crippen LogP contribution >= 0.6 is 0 Å². The van der Waals surface area contributed by atoms with Crippen LogP contribution in [-0.2, 0) is 9.53 Å². The summed E-state index contributed by atoms with van der Waals surface area (Å²) in [4.78, 5) is 39.3. The third-order valence-electron chi connectivity index (χ3n) is 5.08. The molecule has 3 rings (SSSR count). The van der Waals surface area contributed by atoms with E-state index in [1.807, 2.05) is 13.0 Å². The van der Waals surface area contributed by atoms with E-state index in [2.05, 4.69) is 10.6 Å². The van der Waals surface area contributed by atoms with Gasteiger partial charge >= 0.3 is 12.0 Å². The van der Waals surface area contributed by atoms with Crippen LogP contribution in [0.4, 0.5) is 10.5 Å². The number of anilines is 1. The number of ether oxygens (including phenoxy) is 1. The molecule has 0 fully saturated rings. The molecule has 1 unspecified atom stereocenters. The highest BCUT2D eigenvalue weighted by Gasteiger charge is 2.36. The minimum atomic E-state index is -0.626. The Morgan fingerprint density at radius 2 is 1.74 bits per heavy atom. The Bertz CT molecular complexity index is 984. The van der Waals surface area contributed by atoms with Crippen LogP contribution in [-0.4, -0.2) is 36.0 Å². The van der Waals surface area contributed by atoms with Gasteiger partial charge in [0.25, 0.3) is 5.91 Å². The van der Waals surface area contributed by atoms with Gasteiger partial charge in [0.2, 0.25) is 0 Å². The van der Waals surface area contributed by atoms with Gasteiger partial charge in [0.15, 0.2) is 0 Å². The minimum Gasteiger partial charge on any atom is -0.463 e. The second kappa shape index (κ2) is 9.93. The smallest absolute Gasteiger partial charge is 0.338 e. The van der Waals surface area contributed by atoms with E-state index in [0.29, 0.717) is 29.1 Å². The van der Waals surface area contributed by atoms with Crippen molar-refractivity contribution in [2.45, 2.75) is 33.2 Å². The first kappa shape index (κ1) is 22.1. The summed E-state index contributed by atoms with van der Waals surface area (Å²) < 4.78 is 5.26. The average molecular weight is 421 g/mol. The molecule has 1 heterocycles. The molecule has 1 aliphatic heterocycles. The fraction of sp³-hybridized carbons (Fsp3) is 0.292. The van der Waals surface area contributed by atoms with Crippen LogP contribution in [0.15, 0.2) is 65.9 Å². The number of carbonyl (C=O) groups excluding carboxylic acids is 3. The van der Waals surface area contributed by atoms with Crippen molar-refractivity contribution in [3.05, 3.63) is 77.0 Å². The molecular formula is C24H27N3O4. The maximum atomic E-state index is 12.7. The van der Waals surface area contributed by atoms with Gasteiger partial charge in [-0.1, -0.05) is 37.3 Å². The number of urea groups is 1. The third-order valence-corrected chi connectivity index (χ3v) is 5.08. The second-order valence-corrected chi connectivity index (χ2v) is 7.20. The number of hydrogen-bond donors (Lipinski definition) is 2. The van der Waals surface area contributed by atoms with Gasteiger partial charge in [-0.25, -0.2) is 9.59 Å². The Morgan fingerprint density at radius 1 is 1.06 bits per heavy atom. The molecule has 0 radical (unpaired) electrons. The van der Waals surface area contributed by atoms with Crippen molar-refractivity contribution in [2.24, 2.45) is 0 Å². The molecule has 2 aromatic carbocycles. The van der Waals surface area contributed by atoms with Gasteiger partial charge in [-0.2, -0.15) is 0 Å². The number of amides is 3. The molecule has 7 nitrogen and oxygen atoms in total. The molecule has 0 saturated heterocycles. The fourth-order valence-corrected chi connectivity index (χ4v) is 3.55. The first-order valence-electron chi connectivity index (χ1n) is 10.4. The zero-order valence-electron chi connectivity index (χ0n) is 18.0. The molecule has 7 heteroatoms. The topological polar surface area (TPSA) is 87.7 Å². The predicted octanol–water partition coefficient (Wildman–Crippen LogP) is 4.25. The molecular weight excluding hydrogens is 394 g/mol. The number of nitrogens with one attached hydrogen (secondary N) is 2. The molecule has 3 amide bonds. The van der Waals surface area contributed by atoms with Gasteiger partial charge in [0.05, 0.1) is 18.2 Å². The lowest BCUT2D eigenvalue weighted by molar-refractivity contribution is -0.139. The molecule has 2 N–H and O–H groups in total. The maximum Gasteiger partial charge on any atom is 0.338 e. The van der Waals surface area contributed by atoms with Crippen molar-refractivity contribution in [3.63, 3.8) is 0 Å². The normalized spacial score (nSPS) is 16.0. The van der Waals surface area contributed by atoms with Crippen molar-refractivity contribution in [2.75, 3.05) is 18.5 Å². The minimum absolute atomic E-state index is 0.211. The SMILES string of the molecule is CCCN1C(=O)NC(c2ccc(NC(=O)c3ccccc3)cc2)C(C(=O)OCC)=C1C. The summed E-state index contributed by atoms with van der Waals surface area (Å²) in [5, 5.41) is 5.76. The molecule has 162 valence electrons. The van der Waals surface area contributed by atoms with E-state index in [4.69, 9.17) is 4.74 Å². The number of hydrogen-bond acceptors (Lipinski definition) is 4. The molecule has 0 aromatic heterocycles. The summed E-state index contributed by atoms with van der Waals surface area (Å²) in [6.07, 6.45) is 0.765. The zero-order valence-corrected chi connectivity index (χ0v) is 18.0. The van der Waals surface area contributed by atoms with Crippen LogP contribution in [0.5, 0.6) is 0 Å². The van der Waals surface area contributed by atoms with Crippen molar-refractivity contribution >= 4 is 23.6 Å². The van der Waals surface area contributed by atoms with Crippen LogP contribution in [0.1, 0.15) is 49.2 Å². The van der Waals surface area contributed by atoms with Crippen molar-refractivity contribution in [1.29, 1.82) is 0 Å². The highest BCUT2D eigenvalue weighted by atomic mass is 16.5. The summed E-state index contributed by atoms with van der Waals surface area (Å²) in [5.74, 6) is -0.662. The summed E-state index contributed by atoms with van der Waals surface area (Å²) in [7, 11) is 0. The van der Waals surface area contributed by atoms with E-state index in [9.17, 15) is 14.4 Å². The van der Waals surface area contributed by atoms with Crippen LogP contribution < -0.4 is 10.6 Å². The van der Waals surface area contributed by atoms with E-state index in [-0.39, 0.29) is 18.5 Å². The first-order chi connectivity index (χ1) is 15.0. The van der Waals surface area contributed by atoms with Gasteiger partial charge in [-0.15, -0.1) is 0 Å². The van der Waals surface area contributed by atoms with Crippen LogP contribution in [0.3, 0.4) is 0 Å². The van der Waals surface area contributed by atoms with Crippen molar-refractivity contribution in [3.8, 4) is 0 Å². The Kier molecular flexibility index (Phi) is 7.07. The molecule has 0 spiro atoms. The third kappa shape index (κ3) is 4.94. The van der Waals surface area contributed by atoms with Crippen LogP contribution in [0, 0.1) is 0 Å². The highest BCUT2D eigenvalue weighted by Crippen LogP contribution is 2.32. The van der Waals surface area contributed by atoms with E-state index >= 15 is 0 Å². The number of allylic oxidation sites excluding steroid dienone is 1. The predicted molar refractivity (Wildman–Crippen MR) is 118 cm³/mol. The maximum absolute atomic E-state index is 12.7. The fourth-order valence-electron chi connectivity index (χ4n) is 3.55. The van der Waals surface area contributed by atoms with E-state index < -0.39 is 12.0 Å². The highest BCUT2D eigenvalue weighted by molar-refractivity contribution is 6.04. The first-order valence-corrected chi connectivity index (χ1v) is 10.4. The number of benzene rings is 2. The zero-order chi connectivity index (χ0) is 22.4. The van der Waals surface area contributed by atoms with Gasteiger partial charge < -0.3 is 15.4 Å². The van der Waals surface area contributed by atoms with E-state index in [1.165, 1.54) is 0 Å². The van der Waals surface area contributed by atoms with Crippen molar-refractivity contribution < 1.29 is 19.1 Å². The average Bonchev–Trinajstić information content (AvgIpc) is 2.77. The van der Waals surface area contributed by atoms with E-state index in [1.54, 1.807) is 67.3 Å². The van der Waals surface area contributed by atoms with Gasteiger partial charge in [0, 0.05) is 23.5 Å². The van der Waals surface area contributed by atoms with E-state index in [0.717, 1.165) is 12.0 Å². The Hall–Kier alpha value is -3.61. The van der Waals surface area contributed by atoms with Gasteiger partial charge in [-0.05, 0) is 50.1 Å². The quantitative estimate of drug-likeness (QED) is 0.654. The van der Waals surface area contributed by atoms with Gasteiger partial charge in [0.1, 0.15) is 0 Å². The van der Waals surface area contributed by atoms with Crippen LogP contribution in [0.25, 0.3) is 0 Å². The standard InChI is InChI=1S/C24H27N3O4/c1-4-15-27-16(3)20(23(29)31-5-2)21(26-24(27)30)17-11-13-19(14-12-17)25-22(28)18-9-7-6-8-10-18/h6-14,21H,4-5,15H2,1-3H3,(H,25,28)(H,26,30). The monoisotopic (exact) mass is 421 g/mol. The molecule has 1 aliphatic rings. The summed E-state index contributed by atoms with van der Waals surface area (Å²) in [5.41, 5.74) is 2.91. The molecule has 0 aliphatic carbocycles. The Morgan fingerprint density at radius 3 is 2.35 bits per heavy atom. The largest absolute Gasteiger partial charge is 0.463 e. The van der Waals surface area contributed by atoms with Crippen molar-refractivity contribution in [1.82, 2.24) is 10.2 Å². The summed E-state index contributed by atoms with van der Waals surface area (Å²) >= 11 is 0. The summed E-state index contributed by atoms with van der Waals surface area (Å²) in [6, 6.07) is 15.1. The number of nitrogens with zero attached hydrogens (tertiary/aromatic N) is 1. The van der Waals surface area contributed by atoms with Gasteiger partial charge in [-0.3, -0.25) is 9.69 Å². The Balaban J connectivity index is 1.86. The number of esters is 1. The molecule has 0 bridgehead atoms.